The van der Waals surface area contributed by atoms with E-state index in [1.165, 1.54) is 22.7 Å². The molecule has 2 rings (SSSR count). The van der Waals surface area contributed by atoms with Crippen LogP contribution in [0.2, 0.25) is 0 Å². The second-order valence-electron chi connectivity index (χ2n) is 4.62. The minimum absolute atomic E-state index is 0.282. The smallest absolute Gasteiger partial charge is 0.242 e. The molecule has 5 nitrogen and oxygen atoms in total. The predicted molar refractivity (Wildman–Crippen MR) is 87.3 cm³/mol. The highest BCUT2D eigenvalue weighted by Gasteiger charge is 2.22. The molecule has 0 spiro atoms. The second-order valence-corrected chi connectivity index (χ2v) is 8.61. The fraction of sp³-hybridized carbons (Fsp3) is 0.462. The van der Waals surface area contributed by atoms with Gasteiger partial charge in [-0.15, -0.1) is 22.7 Å². The molecule has 0 unspecified atom stereocenters. The highest BCUT2D eigenvalue weighted by atomic mass is 32.2. The Labute approximate surface area is 133 Å². The average molecular weight is 346 g/mol. The summed E-state index contributed by atoms with van der Waals surface area (Å²) < 4.78 is 27.7. The maximum atomic E-state index is 12.5. The number of thiophene rings is 1. The third-order valence-electron chi connectivity index (χ3n) is 2.90. The van der Waals surface area contributed by atoms with E-state index in [0.717, 1.165) is 26.9 Å². The molecule has 0 fully saturated rings. The molecular weight excluding hydrogens is 326 g/mol. The maximum Gasteiger partial charge on any atom is 0.242 e. The molecule has 2 aromatic heterocycles. The van der Waals surface area contributed by atoms with Gasteiger partial charge in [0.05, 0.1) is 5.01 Å². The predicted octanol–water partition coefficient (Wildman–Crippen LogP) is 2.41. The summed E-state index contributed by atoms with van der Waals surface area (Å²) in [6, 6.07) is 0. The molecule has 116 valence electrons. The van der Waals surface area contributed by atoms with E-state index >= 15 is 0 Å². The van der Waals surface area contributed by atoms with Crippen molar-refractivity contribution in [2.75, 3.05) is 6.54 Å². The first-order valence-electron chi connectivity index (χ1n) is 6.62. The lowest BCUT2D eigenvalue weighted by Crippen LogP contribution is -2.25. The van der Waals surface area contributed by atoms with Crippen molar-refractivity contribution in [2.45, 2.75) is 38.8 Å². The van der Waals surface area contributed by atoms with Crippen LogP contribution in [0.4, 0.5) is 0 Å². The van der Waals surface area contributed by atoms with Crippen LogP contribution in [0.5, 0.6) is 0 Å². The zero-order valence-corrected chi connectivity index (χ0v) is 14.7. The van der Waals surface area contributed by atoms with Crippen LogP contribution < -0.4 is 10.0 Å². The maximum absolute atomic E-state index is 12.5. The average Bonchev–Trinajstić information content (AvgIpc) is 3.00. The molecule has 0 aliphatic heterocycles. The van der Waals surface area contributed by atoms with E-state index in [4.69, 9.17) is 0 Å². The summed E-state index contributed by atoms with van der Waals surface area (Å²) in [5, 5.41) is 6.00. The van der Waals surface area contributed by atoms with E-state index in [-0.39, 0.29) is 6.54 Å². The molecule has 0 saturated heterocycles. The van der Waals surface area contributed by atoms with E-state index < -0.39 is 10.0 Å². The van der Waals surface area contributed by atoms with Crippen LogP contribution in [-0.2, 0) is 23.1 Å². The monoisotopic (exact) mass is 345 g/mol. The summed E-state index contributed by atoms with van der Waals surface area (Å²) in [5.41, 5.74) is 0.792. The number of hydrogen-bond donors (Lipinski definition) is 2. The van der Waals surface area contributed by atoms with Crippen molar-refractivity contribution in [1.82, 2.24) is 15.0 Å². The molecule has 0 aliphatic carbocycles. The Hall–Kier alpha value is -0.800. The van der Waals surface area contributed by atoms with Crippen molar-refractivity contribution in [2.24, 2.45) is 0 Å². The molecule has 2 aromatic rings. The van der Waals surface area contributed by atoms with Crippen molar-refractivity contribution in [3.05, 3.63) is 31.9 Å². The zero-order valence-electron chi connectivity index (χ0n) is 12.3. The van der Waals surface area contributed by atoms with Gasteiger partial charge in [-0.1, -0.05) is 6.92 Å². The number of hydrogen-bond acceptors (Lipinski definition) is 6. The third-order valence-corrected chi connectivity index (χ3v) is 6.68. The summed E-state index contributed by atoms with van der Waals surface area (Å²) in [6.07, 6.45) is 1.71. The molecule has 2 heterocycles. The lowest BCUT2D eigenvalue weighted by molar-refractivity contribution is 0.579. The molecule has 0 radical (unpaired) electrons. The van der Waals surface area contributed by atoms with Gasteiger partial charge < -0.3 is 5.32 Å². The third kappa shape index (κ3) is 4.10. The number of nitrogens with zero attached hydrogens (tertiary/aromatic N) is 1. The lowest BCUT2D eigenvalue weighted by atomic mass is 10.3. The lowest BCUT2D eigenvalue weighted by Gasteiger charge is -2.08. The van der Waals surface area contributed by atoms with Crippen molar-refractivity contribution in [3.63, 3.8) is 0 Å². The topological polar surface area (TPSA) is 71.1 Å². The first-order valence-corrected chi connectivity index (χ1v) is 9.80. The Bertz CT molecular complexity index is 704. The normalized spacial score (nSPS) is 12.0. The summed E-state index contributed by atoms with van der Waals surface area (Å²) in [5.74, 6) is 0. The van der Waals surface area contributed by atoms with Gasteiger partial charge in [0.25, 0.3) is 0 Å². The van der Waals surface area contributed by atoms with E-state index in [0.29, 0.717) is 11.4 Å². The molecule has 2 N–H and O–H groups in total. The first-order chi connectivity index (χ1) is 9.94. The molecule has 21 heavy (non-hydrogen) atoms. The summed E-state index contributed by atoms with van der Waals surface area (Å²) >= 11 is 2.98. The van der Waals surface area contributed by atoms with Gasteiger partial charge in [-0.05, 0) is 31.3 Å². The van der Waals surface area contributed by atoms with Gasteiger partial charge in [0, 0.05) is 29.0 Å². The van der Waals surface area contributed by atoms with Crippen molar-refractivity contribution < 1.29 is 8.42 Å². The minimum atomic E-state index is -3.50. The van der Waals surface area contributed by atoms with Crippen molar-refractivity contribution >= 4 is 32.7 Å². The van der Waals surface area contributed by atoms with Crippen molar-refractivity contribution in [3.8, 4) is 0 Å². The first kappa shape index (κ1) is 16.6. The number of rotatable bonds is 7. The van der Waals surface area contributed by atoms with Crippen LogP contribution in [0.15, 0.2) is 16.5 Å². The van der Waals surface area contributed by atoms with Gasteiger partial charge >= 0.3 is 0 Å². The van der Waals surface area contributed by atoms with E-state index in [1.54, 1.807) is 6.20 Å². The van der Waals surface area contributed by atoms with E-state index in [1.807, 2.05) is 26.2 Å². The number of thiazole rings is 1. The molecule has 0 aromatic carbocycles. The largest absolute Gasteiger partial charge is 0.312 e. The van der Waals surface area contributed by atoms with Crippen LogP contribution in [0.3, 0.4) is 0 Å². The Morgan fingerprint density at radius 3 is 2.67 bits per heavy atom. The Morgan fingerprint density at radius 1 is 1.29 bits per heavy atom. The number of nitrogens with one attached hydrogen (secondary N) is 2. The molecule has 0 amide bonds. The SMILES string of the molecule is CCNCc1scc(C)c1S(=O)(=O)NCc1cnc(C)s1. The van der Waals surface area contributed by atoms with Crippen LogP contribution >= 0.6 is 22.7 Å². The summed E-state index contributed by atoms with van der Waals surface area (Å²) in [6.45, 7) is 7.40. The number of sulfonamides is 1. The number of aromatic nitrogens is 1. The molecular formula is C13H19N3O2S3. The van der Waals surface area contributed by atoms with Gasteiger partial charge in [0.15, 0.2) is 0 Å². The van der Waals surface area contributed by atoms with Gasteiger partial charge in [-0.25, -0.2) is 18.1 Å². The quantitative estimate of drug-likeness (QED) is 0.808. The second kappa shape index (κ2) is 6.97. The number of aryl methyl sites for hydroxylation is 2. The molecule has 0 bridgehead atoms. The highest BCUT2D eigenvalue weighted by molar-refractivity contribution is 7.89. The minimum Gasteiger partial charge on any atom is -0.312 e. The zero-order chi connectivity index (χ0) is 15.5. The van der Waals surface area contributed by atoms with E-state index in [9.17, 15) is 8.42 Å². The van der Waals surface area contributed by atoms with Gasteiger partial charge in [-0.2, -0.15) is 0 Å². The Kier molecular flexibility index (Phi) is 5.50. The molecule has 0 atom stereocenters. The van der Waals surface area contributed by atoms with Crippen molar-refractivity contribution in [1.29, 1.82) is 0 Å². The van der Waals surface area contributed by atoms with Gasteiger partial charge in [0.1, 0.15) is 4.90 Å². The van der Waals surface area contributed by atoms with Crippen LogP contribution in [0, 0.1) is 13.8 Å². The van der Waals surface area contributed by atoms with Crippen LogP contribution in [0.25, 0.3) is 0 Å². The Morgan fingerprint density at radius 2 is 2.05 bits per heavy atom. The van der Waals surface area contributed by atoms with Crippen LogP contribution in [-0.4, -0.2) is 19.9 Å². The van der Waals surface area contributed by atoms with E-state index in [2.05, 4.69) is 15.0 Å². The Balaban J connectivity index is 2.17. The molecule has 0 aliphatic rings. The molecule has 8 heteroatoms. The highest BCUT2D eigenvalue weighted by Crippen LogP contribution is 2.27. The molecule has 0 saturated carbocycles. The fourth-order valence-corrected chi connectivity index (χ4v) is 5.54. The standard InChI is InChI=1S/C13H19N3O2S3/c1-4-14-7-12-13(9(2)8-19-12)21(17,18)16-6-11-5-15-10(3)20-11/h5,8,14,16H,4,6-7H2,1-3H3. The van der Waals surface area contributed by atoms with Gasteiger partial charge in [0.2, 0.25) is 10.0 Å². The summed E-state index contributed by atoms with van der Waals surface area (Å²) in [4.78, 5) is 6.31. The summed E-state index contributed by atoms with van der Waals surface area (Å²) in [7, 11) is -3.50. The van der Waals surface area contributed by atoms with Gasteiger partial charge in [-0.3, -0.25) is 0 Å². The fourth-order valence-electron chi connectivity index (χ4n) is 1.93. The van der Waals surface area contributed by atoms with Crippen LogP contribution in [0.1, 0.15) is 27.2 Å².